The maximum atomic E-state index is 6.01. The van der Waals surface area contributed by atoms with Gasteiger partial charge in [0.05, 0.1) is 5.52 Å². The highest BCUT2D eigenvalue weighted by Crippen LogP contribution is 2.42. The summed E-state index contributed by atoms with van der Waals surface area (Å²) in [4.78, 5) is 22.0. The van der Waals surface area contributed by atoms with E-state index in [1.54, 1.807) is 0 Å². The second-order valence-electron chi connectivity index (χ2n) is 6.78. The Morgan fingerprint density at radius 1 is 1.25 bits per heavy atom. The minimum atomic E-state index is -0.105. The van der Waals surface area contributed by atoms with Crippen molar-refractivity contribution >= 4 is 35.1 Å². The third-order valence-corrected chi connectivity index (χ3v) is 5.37. The van der Waals surface area contributed by atoms with Gasteiger partial charge in [0.2, 0.25) is 0 Å². The van der Waals surface area contributed by atoms with Crippen LogP contribution in [-0.2, 0) is 4.84 Å². The van der Waals surface area contributed by atoms with Gasteiger partial charge >= 0.3 is 0 Å². The summed E-state index contributed by atoms with van der Waals surface area (Å²) in [6.07, 6.45) is 5.09. The molecule has 6 nitrogen and oxygen atoms in total. The molecule has 4 fully saturated rings. The summed E-state index contributed by atoms with van der Waals surface area (Å²) in [5.74, 6) is 1.97. The molecule has 1 aromatic carbocycles. The molecule has 126 valence electrons. The Labute approximate surface area is 146 Å². The summed E-state index contributed by atoms with van der Waals surface area (Å²) in [7, 11) is 0. The number of aliphatic imine (C=N–C) groups is 1. The zero-order chi connectivity index (χ0) is 15.3. The van der Waals surface area contributed by atoms with Crippen molar-refractivity contribution in [2.45, 2.75) is 24.9 Å². The van der Waals surface area contributed by atoms with E-state index in [9.17, 15) is 0 Å². The van der Waals surface area contributed by atoms with Crippen molar-refractivity contribution in [3.63, 3.8) is 0 Å². The molecule has 5 heterocycles. The van der Waals surface area contributed by atoms with Crippen LogP contribution in [-0.4, -0.2) is 45.9 Å². The standard InChI is InChI=1S/C17H19N5O.ClH/c1-2-4-14-12(3-1)10-18-16(19-14)20-15-9-17(23-21-15)11-22-7-5-13(17)6-8-22;/h1-4,10,13H,5-9,11H2,(H,18,19,20,21);1H/t17-;/m0./s1. The lowest BCUT2D eigenvalue weighted by Crippen LogP contribution is -2.59. The quantitative estimate of drug-likeness (QED) is 0.860. The number of amidine groups is 1. The molecule has 7 heteroatoms. The first-order chi connectivity index (χ1) is 11.3. The molecule has 2 aromatic rings. The maximum absolute atomic E-state index is 6.01. The number of hydrogen-bond acceptors (Lipinski definition) is 5. The van der Waals surface area contributed by atoms with Crippen molar-refractivity contribution in [3.8, 4) is 0 Å². The van der Waals surface area contributed by atoms with Gasteiger partial charge in [-0.2, -0.15) is 4.99 Å². The average Bonchev–Trinajstić information content (AvgIpc) is 2.98. The Morgan fingerprint density at radius 3 is 2.88 bits per heavy atom. The highest BCUT2D eigenvalue weighted by Gasteiger charge is 2.52. The molecule has 0 radical (unpaired) electrons. The van der Waals surface area contributed by atoms with Gasteiger partial charge < -0.3 is 4.90 Å². The van der Waals surface area contributed by atoms with Gasteiger partial charge in [-0.3, -0.25) is 10.3 Å². The number of halogens is 1. The van der Waals surface area contributed by atoms with E-state index in [4.69, 9.17) is 4.84 Å². The number of nitrogens with zero attached hydrogens (tertiary/aromatic N) is 4. The molecule has 4 saturated heterocycles. The monoisotopic (exact) mass is 345 g/mol. The number of piperidine rings is 3. The molecule has 1 atom stereocenters. The van der Waals surface area contributed by atoms with E-state index in [-0.39, 0.29) is 18.0 Å². The lowest BCUT2D eigenvalue weighted by molar-refractivity contribution is -0.150. The molecule has 4 aliphatic heterocycles. The number of para-hydroxylation sites is 1. The highest BCUT2D eigenvalue weighted by molar-refractivity contribution is 5.86. The van der Waals surface area contributed by atoms with Crippen LogP contribution in [0.15, 0.2) is 35.5 Å². The van der Waals surface area contributed by atoms with Crippen LogP contribution in [0.4, 0.5) is 5.95 Å². The van der Waals surface area contributed by atoms with Crippen LogP contribution in [0.1, 0.15) is 19.3 Å². The molecule has 2 bridgehead atoms. The molecule has 0 unspecified atom stereocenters. The fraction of sp³-hybridized carbons (Fsp3) is 0.471. The molecule has 24 heavy (non-hydrogen) atoms. The molecule has 1 spiro atoms. The molecule has 0 amide bonds. The number of aromatic nitrogens is 2. The van der Waals surface area contributed by atoms with Gasteiger partial charge in [-0.1, -0.05) is 18.2 Å². The molecule has 0 saturated carbocycles. The third-order valence-electron chi connectivity index (χ3n) is 5.37. The van der Waals surface area contributed by atoms with Gasteiger partial charge in [0.25, 0.3) is 5.95 Å². The zero-order valence-electron chi connectivity index (χ0n) is 13.3. The lowest BCUT2D eigenvalue weighted by Gasteiger charge is -2.49. The fourth-order valence-electron chi connectivity index (χ4n) is 4.16. The van der Waals surface area contributed by atoms with Crippen LogP contribution in [0.5, 0.6) is 0 Å². The molecule has 1 aromatic heterocycles. The summed E-state index contributed by atoms with van der Waals surface area (Å²) in [6, 6.07) is 7.95. The molecule has 6 rings (SSSR count). The van der Waals surface area contributed by atoms with Gasteiger partial charge in [0, 0.05) is 24.5 Å². The second-order valence-corrected chi connectivity index (χ2v) is 6.78. The van der Waals surface area contributed by atoms with Crippen LogP contribution >= 0.6 is 12.4 Å². The van der Waals surface area contributed by atoms with E-state index in [0.717, 1.165) is 29.7 Å². The molecular weight excluding hydrogens is 326 g/mol. The predicted molar refractivity (Wildman–Crippen MR) is 94.6 cm³/mol. The van der Waals surface area contributed by atoms with E-state index in [1.807, 2.05) is 30.5 Å². The van der Waals surface area contributed by atoms with E-state index < -0.39 is 0 Å². The van der Waals surface area contributed by atoms with Gasteiger partial charge in [-0.25, -0.2) is 9.97 Å². The minimum Gasteiger partial charge on any atom is -0.300 e. The largest absolute Gasteiger partial charge is 0.300 e. The number of fused-ring (bicyclic) bond motifs is 3. The summed E-state index contributed by atoms with van der Waals surface area (Å²) >= 11 is 0. The number of benzene rings is 1. The van der Waals surface area contributed by atoms with Gasteiger partial charge in [-0.15, -0.1) is 12.4 Å². The fourth-order valence-corrected chi connectivity index (χ4v) is 4.16. The van der Waals surface area contributed by atoms with Gasteiger partial charge in [0.15, 0.2) is 0 Å². The molecule has 1 N–H and O–H groups in total. The van der Waals surface area contributed by atoms with E-state index in [2.05, 4.69) is 25.3 Å². The Morgan fingerprint density at radius 2 is 2.08 bits per heavy atom. The van der Waals surface area contributed by atoms with Crippen molar-refractivity contribution in [2.75, 3.05) is 19.6 Å². The van der Waals surface area contributed by atoms with Gasteiger partial charge in [-0.05, 0) is 37.9 Å². The highest BCUT2D eigenvalue weighted by atomic mass is 35.5. The third kappa shape index (κ3) is 2.55. The number of hydroxylamine groups is 1. The first-order valence-electron chi connectivity index (χ1n) is 8.27. The Bertz CT molecular complexity index is 789. The molecular formula is C17H20ClN5O. The Balaban J connectivity index is 0.00000146. The van der Waals surface area contributed by atoms with Crippen molar-refractivity contribution in [2.24, 2.45) is 10.9 Å². The SMILES string of the molecule is Cl.c1ccc2nc(/N=C3/C[C@@]4(CN5CCC4CC5)ON3)ncc2c1. The molecule has 0 aliphatic carbocycles. The van der Waals surface area contributed by atoms with Crippen molar-refractivity contribution in [1.82, 2.24) is 20.3 Å². The molecule has 4 aliphatic rings. The summed E-state index contributed by atoms with van der Waals surface area (Å²) in [6.45, 7) is 3.41. The smallest absolute Gasteiger partial charge is 0.251 e. The van der Waals surface area contributed by atoms with Crippen molar-refractivity contribution in [3.05, 3.63) is 30.5 Å². The number of hydrogen-bond donors (Lipinski definition) is 1. The first kappa shape index (κ1) is 15.7. The van der Waals surface area contributed by atoms with Crippen LogP contribution in [0, 0.1) is 5.92 Å². The topological polar surface area (TPSA) is 62.6 Å². The number of rotatable bonds is 1. The van der Waals surface area contributed by atoms with Crippen LogP contribution in [0.25, 0.3) is 10.9 Å². The van der Waals surface area contributed by atoms with Crippen molar-refractivity contribution < 1.29 is 4.84 Å². The van der Waals surface area contributed by atoms with Crippen LogP contribution < -0.4 is 5.48 Å². The van der Waals surface area contributed by atoms with Crippen LogP contribution in [0.2, 0.25) is 0 Å². The first-order valence-corrected chi connectivity index (χ1v) is 8.27. The summed E-state index contributed by atoms with van der Waals surface area (Å²) in [5.41, 5.74) is 3.85. The van der Waals surface area contributed by atoms with Crippen LogP contribution in [0.3, 0.4) is 0 Å². The summed E-state index contributed by atoms with van der Waals surface area (Å²) in [5, 5.41) is 1.03. The lowest BCUT2D eigenvalue weighted by atomic mass is 9.74. The maximum Gasteiger partial charge on any atom is 0.251 e. The van der Waals surface area contributed by atoms with Gasteiger partial charge in [0.1, 0.15) is 11.4 Å². The Hall–Kier alpha value is -1.76. The Kier molecular flexibility index (Phi) is 3.90. The zero-order valence-corrected chi connectivity index (χ0v) is 14.1. The number of nitrogens with one attached hydrogen (secondary N) is 1. The average molecular weight is 346 g/mol. The van der Waals surface area contributed by atoms with E-state index in [0.29, 0.717) is 11.9 Å². The predicted octanol–water partition coefficient (Wildman–Crippen LogP) is 2.47. The van der Waals surface area contributed by atoms with E-state index >= 15 is 0 Å². The normalized spacial score (nSPS) is 32.9. The summed E-state index contributed by atoms with van der Waals surface area (Å²) < 4.78 is 0. The van der Waals surface area contributed by atoms with E-state index in [1.165, 1.54) is 25.9 Å². The minimum absolute atomic E-state index is 0. The second kappa shape index (κ2) is 5.95. The van der Waals surface area contributed by atoms with Crippen molar-refractivity contribution in [1.29, 1.82) is 0 Å².